The third-order valence-electron chi connectivity index (χ3n) is 3.86. The highest BCUT2D eigenvalue weighted by molar-refractivity contribution is 5.47. The first kappa shape index (κ1) is 12.0. The summed E-state index contributed by atoms with van der Waals surface area (Å²) >= 11 is 0. The fourth-order valence-electron chi connectivity index (χ4n) is 2.71. The number of nitrogens with one attached hydrogen (secondary N) is 1. The first-order chi connectivity index (χ1) is 8.26. The predicted molar refractivity (Wildman–Crippen MR) is 74.1 cm³/mol. The lowest BCUT2D eigenvalue weighted by atomic mass is 9.91. The van der Waals surface area contributed by atoms with E-state index in [1.54, 1.807) is 0 Å². The predicted octanol–water partition coefficient (Wildman–Crippen LogP) is 2.88. The van der Waals surface area contributed by atoms with Crippen LogP contribution in [-0.4, -0.2) is 20.1 Å². The Kier molecular flexibility index (Phi) is 3.72. The minimum Gasteiger partial charge on any atom is -0.392 e. The van der Waals surface area contributed by atoms with Gasteiger partial charge in [0.1, 0.15) is 0 Å². The average molecular weight is 230 g/mol. The van der Waals surface area contributed by atoms with Crippen molar-refractivity contribution in [3.05, 3.63) is 42.6 Å². The Hall–Kier alpha value is -1.44. The molecule has 1 aliphatic heterocycles. The molecule has 0 bridgehead atoms. The molecule has 1 N–H and O–H groups in total. The van der Waals surface area contributed by atoms with Gasteiger partial charge in [0.05, 0.1) is 0 Å². The van der Waals surface area contributed by atoms with Gasteiger partial charge in [-0.25, -0.2) is 0 Å². The van der Waals surface area contributed by atoms with Crippen LogP contribution in [0.2, 0.25) is 0 Å². The van der Waals surface area contributed by atoms with Crippen molar-refractivity contribution in [2.24, 2.45) is 11.8 Å². The third kappa shape index (κ3) is 2.46. The van der Waals surface area contributed by atoms with E-state index in [0.717, 1.165) is 19.0 Å². The molecule has 1 aromatic rings. The summed E-state index contributed by atoms with van der Waals surface area (Å²) < 4.78 is 0. The van der Waals surface area contributed by atoms with E-state index in [0.29, 0.717) is 5.92 Å². The maximum Gasteiger partial charge on any atom is 0.0366 e. The number of hydrogen-bond acceptors (Lipinski definition) is 2. The summed E-state index contributed by atoms with van der Waals surface area (Å²) in [5.41, 5.74) is 2.51. The van der Waals surface area contributed by atoms with Gasteiger partial charge >= 0.3 is 0 Å². The zero-order chi connectivity index (χ0) is 12.3. The van der Waals surface area contributed by atoms with Gasteiger partial charge in [-0.2, -0.15) is 0 Å². The maximum absolute atomic E-state index is 4.14. The quantitative estimate of drug-likeness (QED) is 0.855. The number of para-hydroxylation sites is 1. The number of anilines is 1. The topological polar surface area (TPSA) is 15.3 Å². The van der Waals surface area contributed by atoms with Gasteiger partial charge in [0, 0.05) is 37.4 Å². The van der Waals surface area contributed by atoms with Crippen molar-refractivity contribution in [3.8, 4) is 0 Å². The number of benzene rings is 1. The summed E-state index contributed by atoms with van der Waals surface area (Å²) in [6.07, 6.45) is 1.22. The molecule has 2 rings (SSSR count). The molecule has 0 aliphatic carbocycles. The van der Waals surface area contributed by atoms with E-state index in [1.165, 1.54) is 17.8 Å². The molecule has 92 valence electrons. The molecule has 1 aromatic carbocycles. The summed E-state index contributed by atoms with van der Waals surface area (Å²) in [6.45, 7) is 8.65. The highest BCUT2D eigenvalue weighted by Crippen LogP contribution is 2.32. The van der Waals surface area contributed by atoms with Crippen LogP contribution in [-0.2, 0) is 0 Å². The van der Waals surface area contributed by atoms with Gasteiger partial charge in [0.2, 0.25) is 0 Å². The number of rotatable bonds is 4. The molecular weight excluding hydrogens is 208 g/mol. The Morgan fingerprint density at radius 2 is 2.06 bits per heavy atom. The fraction of sp³-hybridized carbons (Fsp3) is 0.467. The first-order valence-corrected chi connectivity index (χ1v) is 6.42. The van der Waals surface area contributed by atoms with Crippen molar-refractivity contribution < 1.29 is 0 Å². The highest BCUT2D eigenvalue weighted by atomic mass is 15.2. The summed E-state index contributed by atoms with van der Waals surface area (Å²) in [5, 5.41) is 3.22. The molecule has 0 unspecified atom stereocenters. The molecule has 2 heteroatoms. The second-order valence-electron chi connectivity index (χ2n) is 4.79. The molecule has 0 saturated carbocycles. The van der Waals surface area contributed by atoms with Crippen molar-refractivity contribution in [1.82, 2.24) is 5.32 Å². The molecule has 0 aromatic heterocycles. The summed E-state index contributed by atoms with van der Waals surface area (Å²) in [4.78, 5) is 2.47. The Balaban J connectivity index is 2.12. The van der Waals surface area contributed by atoms with Crippen LogP contribution in [0.3, 0.4) is 0 Å². The van der Waals surface area contributed by atoms with Crippen LogP contribution in [0.4, 0.5) is 5.69 Å². The van der Waals surface area contributed by atoms with Crippen LogP contribution in [0.15, 0.2) is 42.6 Å². The molecule has 1 saturated heterocycles. The van der Waals surface area contributed by atoms with E-state index in [4.69, 9.17) is 0 Å². The molecule has 0 amide bonds. The van der Waals surface area contributed by atoms with Crippen LogP contribution in [0.5, 0.6) is 0 Å². The highest BCUT2D eigenvalue weighted by Gasteiger charge is 2.32. The molecular formula is C15H22N2. The largest absolute Gasteiger partial charge is 0.392 e. The second kappa shape index (κ2) is 5.26. The monoisotopic (exact) mass is 230 g/mol. The summed E-state index contributed by atoms with van der Waals surface area (Å²) in [6, 6.07) is 10.7. The number of hydrogen-bond donors (Lipinski definition) is 1. The van der Waals surface area contributed by atoms with Crippen LogP contribution in [0.1, 0.15) is 13.3 Å². The van der Waals surface area contributed by atoms with E-state index in [2.05, 4.69) is 54.1 Å². The molecule has 2 atom stereocenters. The lowest BCUT2D eigenvalue weighted by Crippen LogP contribution is -2.23. The van der Waals surface area contributed by atoms with Crippen molar-refractivity contribution in [2.45, 2.75) is 13.3 Å². The van der Waals surface area contributed by atoms with Crippen LogP contribution < -0.4 is 10.2 Å². The fourth-order valence-corrected chi connectivity index (χ4v) is 2.71. The van der Waals surface area contributed by atoms with E-state index < -0.39 is 0 Å². The minimum atomic E-state index is 0.574. The van der Waals surface area contributed by atoms with E-state index in [-0.39, 0.29) is 0 Å². The molecule has 0 spiro atoms. The van der Waals surface area contributed by atoms with Gasteiger partial charge in [-0.1, -0.05) is 38.1 Å². The average Bonchev–Trinajstić information content (AvgIpc) is 2.83. The van der Waals surface area contributed by atoms with E-state index >= 15 is 0 Å². The molecule has 2 nitrogen and oxygen atoms in total. The normalized spacial score (nSPS) is 23.8. The summed E-state index contributed by atoms with van der Waals surface area (Å²) in [7, 11) is 1.97. The Bertz CT molecular complexity index is 372. The maximum atomic E-state index is 4.14. The smallest absolute Gasteiger partial charge is 0.0366 e. The van der Waals surface area contributed by atoms with E-state index in [9.17, 15) is 0 Å². The van der Waals surface area contributed by atoms with Crippen LogP contribution in [0.25, 0.3) is 0 Å². The van der Waals surface area contributed by atoms with Crippen molar-refractivity contribution in [1.29, 1.82) is 0 Å². The van der Waals surface area contributed by atoms with Crippen molar-refractivity contribution in [2.75, 3.05) is 25.0 Å². The SMILES string of the molecule is C=C(NC)[C@H]1CN(c2ccccc2)C[C@H]1CC. The zero-order valence-electron chi connectivity index (χ0n) is 10.8. The number of nitrogens with zero attached hydrogens (tertiary/aromatic N) is 1. The first-order valence-electron chi connectivity index (χ1n) is 6.42. The molecule has 1 heterocycles. The van der Waals surface area contributed by atoms with Gasteiger partial charge in [-0.3, -0.25) is 0 Å². The molecule has 1 fully saturated rings. The third-order valence-corrected chi connectivity index (χ3v) is 3.86. The molecule has 17 heavy (non-hydrogen) atoms. The standard InChI is InChI=1S/C15H22N2/c1-4-13-10-17(11-15(13)12(2)16-3)14-8-6-5-7-9-14/h5-9,13,15-16H,2,4,10-11H2,1,3H3/t13-,15-/m1/s1. The van der Waals surface area contributed by atoms with Gasteiger partial charge in [-0.05, 0) is 18.1 Å². The minimum absolute atomic E-state index is 0.574. The van der Waals surface area contributed by atoms with Gasteiger partial charge < -0.3 is 10.2 Å². The molecule has 1 aliphatic rings. The summed E-state index contributed by atoms with van der Waals surface area (Å²) in [5.74, 6) is 1.29. The van der Waals surface area contributed by atoms with Gasteiger partial charge in [0.25, 0.3) is 0 Å². The van der Waals surface area contributed by atoms with Crippen LogP contribution >= 0.6 is 0 Å². The van der Waals surface area contributed by atoms with Gasteiger partial charge in [-0.15, -0.1) is 0 Å². The lowest BCUT2D eigenvalue weighted by molar-refractivity contribution is 0.445. The molecule has 0 radical (unpaired) electrons. The van der Waals surface area contributed by atoms with Gasteiger partial charge in [0.15, 0.2) is 0 Å². The van der Waals surface area contributed by atoms with Crippen LogP contribution in [0, 0.1) is 11.8 Å². The zero-order valence-corrected chi connectivity index (χ0v) is 10.8. The Morgan fingerprint density at radius 3 is 2.65 bits per heavy atom. The Labute approximate surface area is 104 Å². The van der Waals surface area contributed by atoms with Crippen molar-refractivity contribution >= 4 is 5.69 Å². The van der Waals surface area contributed by atoms with Crippen molar-refractivity contribution in [3.63, 3.8) is 0 Å². The van der Waals surface area contributed by atoms with E-state index in [1.807, 2.05) is 7.05 Å². The second-order valence-corrected chi connectivity index (χ2v) is 4.79. The Morgan fingerprint density at radius 1 is 1.35 bits per heavy atom. The lowest BCUT2D eigenvalue weighted by Gasteiger charge is -2.19.